The summed E-state index contributed by atoms with van der Waals surface area (Å²) in [6, 6.07) is 13.5. The van der Waals surface area contributed by atoms with Crippen molar-refractivity contribution in [3.63, 3.8) is 0 Å². The van der Waals surface area contributed by atoms with Gasteiger partial charge in [0.05, 0.1) is 37.2 Å². The van der Waals surface area contributed by atoms with Gasteiger partial charge in [-0.3, -0.25) is 9.98 Å². The molecule has 164 valence electrons. The minimum absolute atomic E-state index is 0.00163. The van der Waals surface area contributed by atoms with Crippen LogP contribution in [0.5, 0.6) is 5.75 Å². The van der Waals surface area contributed by atoms with Crippen LogP contribution in [-0.4, -0.2) is 59.8 Å². The topological polar surface area (TPSA) is 50.2 Å². The summed E-state index contributed by atoms with van der Waals surface area (Å²) in [5.74, 6) is 2.06. The van der Waals surface area contributed by atoms with Crippen LogP contribution in [0.15, 0.2) is 47.6 Å². The van der Waals surface area contributed by atoms with E-state index in [1.165, 1.54) is 5.56 Å². The number of ether oxygens (including phenoxy) is 2. The fourth-order valence-corrected chi connectivity index (χ4v) is 6.10. The highest BCUT2D eigenvalue weighted by Crippen LogP contribution is 2.49. The van der Waals surface area contributed by atoms with Crippen LogP contribution < -0.4 is 9.64 Å². The fraction of sp³-hybridized carbons (Fsp3) is 0.500. The lowest BCUT2D eigenvalue weighted by Gasteiger charge is -2.34. The monoisotopic (exact) mass is 438 g/mol. The van der Waals surface area contributed by atoms with Gasteiger partial charge in [-0.15, -0.1) is 0 Å². The molecule has 2 saturated heterocycles. The Hall–Kier alpha value is -2.25. The number of benzene rings is 1. The molecule has 0 bridgehead atoms. The Balaban J connectivity index is 1.54. The van der Waals surface area contributed by atoms with Crippen LogP contribution in [-0.2, 0) is 4.74 Å². The second-order valence-corrected chi connectivity index (χ2v) is 9.08. The van der Waals surface area contributed by atoms with Crippen molar-refractivity contribution in [2.45, 2.75) is 38.4 Å². The number of aromatic nitrogens is 1. The van der Waals surface area contributed by atoms with E-state index >= 15 is 0 Å². The average molecular weight is 439 g/mol. The molecule has 0 saturated carbocycles. The molecule has 1 aromatic heterocycles. The van der Waals surface area contributed by atoms with E-state index in [4.69, 9.17) is 14.5 Å². The summed E-state index contributed by atoms with van der Waals surface area (Å²) in [5, 5.41) is 1.16. The first-order chi connectivity index (χ1) is 15.3. The number of fused-ring (bicyclic) bond motifs is 1. The Morgan fingerprint density at radius 2 is 2.03 bits per heavy atom. The highest BCUT2D eigenvalue weighted by atomic mass is 32.2. The second kappa shape index (κ2) is 9.09. The number of thioether (sulfide) groups is 1. The summed E-state index contributed by atoms with van der Waals surface area (Å²) in [6.45, 7) is 8.28. The molecule has 3 atom stereocenters. The SMILES string of the molecule is CCOc1cc([C@@H]2[C@H](c3ccccn3)N=C3SC[C@@H](CC)N32)ccc1N1CCOCC1. The van der Waals surface area contributed by atoms with E-state index in [1.807, 2.05) is 30.9 Å². The van der Waals surface area contributed by atoms with Gasteiger partial charge in [-0.1, -0.05) is 30.8 Å². The molecule has 0 aliphatic carbocycles. The maximum Gasteiger partial charge on any atom is 0.160 e. The normalized spacial score (nSPS) is 25.5. The summed E-state index contributed by atoms with van der Waals surface area (Å²) in [6.07, 6.45) is 2.98. The summed E-state index contributed by atoms with van der Waals surface area (Å²) < 4.78 is 11.7. The Bertz CT molecular complexity index is 932. The molecule has 7 heteroatoms. The van der Waals surface area contributed by atoms with E-state index in [1.54, 1.807) is 0 Å². The maximum atomic E-state index is 6.14. The van der Waals surface area contributed by atoms with Crippen LogP contribution in [0.2, 0.25) is 0 Å². The van der Waals surface area contributed by atoms with Crippen LogP contribution in [0.3, 0.4) is 0 Å². The molecular weight excluding hydrogens is 408 g/mol. The molecule has 5 rings (SSSR count). The number of aliphatic imine (C=N–C) groups is 1. The first-order valence-corrected chi connectivity index (χ1v) is 12.3. The lowest BCUT2D eigenvalue weighted by Crippen LogP contribution is -2.37. The molecule has 0 amide bonds. The van der Waals surface area contributed by atoms with Gasteiger partial charge in [0.2, 0.25) is 0 Å². The van der Waals surface area contributed by atoms with Gasteiger partial charge in [-0.25, -0.2) is 0 Å². The molecule has 31 heavy (non-hydrogen) atoms. The molecule has 0 spiro atoms. The maximum absolute atomic E-state index is 6.14. The van der Waals surface area contributed by atoms with Crippen LogP contribution in [0.4, 0.5) is 5.69 Å². The number of hydrogen-bond donors (Lipinski definition) is 0. The molecule has 3 aliphatic rings. The summed E-state index contributed by atoms with van der Waals surface area (Å²) in [4.78, 5) is 14.7. The number of pyridine rings is 1. The quantitative estimate of drug-likeness (QED) is 0.670. The number of amidine groups is 1. The predicted octanol–water partition coefficient (Wildman–Crippen LogP) is 4.30. The predicted molar refractivity (Wildman–Crippen MR) is 126 cm³/mol. The van der Waals surface area contributed by atoms with Crippen molar-refractivity contribution in [2.75, 3.05) is 43.6 Å². The molecule has 2 aromatic rings. The van der Waals surface area contributed by atoms with Crippen molar-refractivity contribution in [1.29, 1.82) is 0 Å². The lowest BCUT2D eigenvalue weighted by atomic mass is 9.94. The number of hydrogen-bond acceptors (Lipinski definition) is 7. The highest BCUT2D eigenvalue weighted by Gasteiger charge is 2.45. The summed E-state index contributed by atoms with van der Waals surface area (Å²) >= 11 is 1.88. The molecule has 1 aromatic carbocycles. The molecule has 6 nitrogen and oxygen atoms in total. The van der Waals surface area contributed by atoms with Crippen LogP contribution in [0.25, 0.3) is 0 Å². The van der Waals surface area contributed by atoms with Crippen molar-refractivity contribution in [1.82, 2.24) is 9.88 Å². The Morgan fingerprint density at radius 3 is 2.77 bits per heavy atom. The van der Waals surface area contributed by atoms with Crippen LogP contribution in [0.1, 0.15) is 43.6 Å². The second-order valence-electron chi connectivity index (χ2n) is 8.10. The zero-order chi connectivity index (χ0) is 21.2. The minimum Gasteiger partial charge on any atom is -0.492 e. The molecule has 3 aliphatic heterocycles. The summed E-state index contributed by atoms with van der Waals surface area (Å²) in [7, 11) is 0. The van der Waals surface area contributed by atoms with Crippen molar-refractivity contribution in [2.24, 2.45) is 4.99 Å². The molecule has 2 fully saturated rings. The third kappa shape index (κ3) is 3.89. The van der Waals surface area contributed by atoms with E-state index in [9.17, 15) is 0 Å². The lowest BCUT2D eigenvalue weighted by molar-refractivity contribution is 0.122. The minimum atomic E-state index is 0.00163. The van der Waals surface area contributed by atoms with Gasteiger partial charge in [-0.05, 0) is 43.2 Å². The Kier molecular flexibility index (Phi) is 6.05. The van der Waals surface area contributed by atoms with Gasteiger partial charge in [0, 0.05) is 31.1 Å². The fourth-order valence-electron chi connectivity index (χ4n) is 4.76. The van der Waals surface area contributed by atoms with Crippen molar-refractivity contribution < 1.29 is 9.47 Å². The molecule has 4 heterocycles. The first kappa shape index (κ1) is 20.6. The zero-order valence-corrected chi connectivity index (χ0v) is 19.1. The van der Waals surface area contributed by atoms with E-state index < -0.39 is 0 Å². The van der Waals surface area contributed by atoms with Gasteiger partial charge < -0.3 is 19.3 Å². The smallest absolute Gasteiger partial charge is 0.160 e. The molecular formula is C24H30N4O2S. The molecule has 0 radical (unpaired) electrons. The molecule has 0 unspecified atom stereocenters. The van der Waals surface area contributed by atoms with Gasteiger partial charge in [0.1, 0.15) is 11.8 Å². The van der Waals surface area contributed by atoms with Gasteiger partial charge in [0.15, 0.2) is 5.17 Å². The van der Waals surface area contributed by atoms with E-state index in [-0.39, 0.29) is 12.1 Å². The third-order valence-corrected chi connectivity index (χ3v) is 7.43. The van der Waals surface area contributed by atoms with Gasteiger partial charge in [0.25, 0.3) is 0 Å². The van der Waals surface area contributed by atoms with Crippen LogP contribution >= 0.6 is 11.8 Å². The Morgan fingerprint density at radius 1 is 1.16 bits per heavy atom. The number of nitrogens with zero attached hydrogens (tertiary/aromatic N) is 4. The average Bonchev–Trinajstić information content (AvgIpc) is 3.39. The van der Waals surface area contributed by atoms with Crippen molar-refractivity contribution >= 4 is 22.6 Å². The molecule has 0 N–H and O–H groups in total. The standard InChI is InChI=1S/C24H30N4O2S/c1-3-18-16-31-24-26-22(19-7-5-6-10-25-19)23(28(18)24)17-8-9-20(21(15-17)30-4-2)27-11-13-29-14-12-27/h5-10,15,18,22-23H,3-4,11-14,16H2,1-2H3/t18-,22+,23-/m1/s1. The van der Waals surface area contributed by atoms with Gasteiger partial charge >= 0.3 is 0 Å². The highest BCUT2D eigenvalue weighted by molar-refractivity contribution is 8.14. The third-order valence-electron chi connectivity index (χ3n) is 6.31. The van der Waals surface area contributed by atoms with Crippen LogP contribution in [0, 0.1) is 0 Å². The van der Waals surface area contributed by atoms with E-state index in [2.05, 4.69) is 52.0 Å². The largest absolute Gasteiger partial charge is 0.492 e. The van der Waals surface area contributed by atoms with Crippen molar-refractivity contribution in [3.8, 4) is 5.75 Å². The Labute approximate surface area is 188 Å². The van der Waals surface area contributed by atoms with E-state index in [0.29, 0.717) is 12.6 Å². The van der Waals surface area contributed by atoms with Crippen molar-refractivity contribution in [3.05, 3.63) is 53.9 Å². The summed E-state index contributed by atoms with van der Waals surface area (Å²) in [5.41, 5.74) is 3.43. The number of rotatable bonds is 6. The zero-order valence-electron chi connectivity index (χ0n) is 18.2. The number of anilines is 1. The van der Waals surface area contributed by atoms with Gasteiger partial charge in [-0.2, -0.15) is 0 Å². The number of morpholine rings is 1. The van der Waals surface area contributed by atoms with E-state index in [0.717, 1.165) is 60.8 Å². The first-order valence-electron chi connectivity index (χ1n) is 11.3.